The molecule has 48 valence electrons. The molecule has 0 aliphatic carbocycles. The second-order valence-electron chi connectivity index (χ2n) is 2.18. The number of allylic oxidation sites excluding steroid dienone is 1. The average molecular weight is 116 g/mol. The lowest BCUT2D eigenvalue weighted by Gasteiger charge is -2.07. The third-order valence-electron chi connectivity index (χ3n) is 1.32. The van der Waals surface area contributed by atoms with Crippen LogP contribution in [0.25, 0.3) is 0 Å². The topological polar surface area (TPSA) is 0 Å². The van der Waals surface area contributed by atoms with Crippen molar-refractivity contribution < 1.29 is 4.39 Å². The Morgan fingerprint density at radius 3 is 2.25 bits per heavy atom. The van der Waals surface area contributed by atoms with E-state index < -0.39 is 6.17 Å². The van der Waals surface area contributed by atoms with Crippen LogP contribution >= 0.6 is 0 Å². The molecule has 0 nitrogen and oxygen atoms in total. The van der Waals surface area contributed by atoms with Gasteiger partial charge in [0.05, 0.1) is 0 Å². The number of hydrogen-bond acceptors (Lipinski definition) is 0. The molecule has 0 saturated heterocycles. The fourth-order valence-electron chi connectivity index (χ4n) is 0.450. The van der Waals surface area contributed by atoms with Crippen molar-refractivity contribution in [3.63, 3.8) is 0 Å². The van der Waals surface area contributed by atoms with Crippen LogP contribution in [0, 0.1) is 5.92 Å². The molecule has 0 radical (unpaired) electrons. The minimum absolute atomic E-state index is 0.132. The summed E-state index contributed by atoms with van der Waals surface area (Å²) in [6, 6.07) is 0. The fourth-order valence-corrected chi connectivity index (χ4v) is 0.450. The monoisotopic (exact) mass is 116 g/mol. The number of rotatable bonds is 3. The Morgan fingerprint density at radius 1 is 1.62 bits per heavy atom. The summed E-state index contributed by atoms with van der Waals surface area (Å²) in [4.78, 5) is 0. The molecule has 0 N–H and O–H groups in total. The van der Waals surface area contributed by atoms with Crippen LogP contribution in [0.1, 0.15) is 20.3 Å². The Bertz CT molecular complexity index is 66.8. The SMILES string of the molecule is C=CC[C@H](C)[C@H](C)F. The summed E-state index contributed by atoms with van der Waals surface area (Å²) < 4.78 is 12.2. The lowest BCUT2D eigenvalue weighted by Crippen LogP contribution is -2.05. The van der Waals surface area contributed by atoms with E-state index in [0.717, 1.165) is 6.42 Å². The molecule has 0 heterocycles. The molecule has 8 heavy (non-hydrogen) atoms. The molecule has 0 unspecified atom stereocenters. The highest BCUT2D eigenvalue weighted by atomic mass is 19.1. The Kier molecular flexibility index (Phi) is 3.49. The molecule has 0 aromatic rings. The van der Waals surface area contributed by atoms with Gasteiger partial charge in [-0.25, -0.2) is 4.39 Å². The zero-order chi connectivity index (χ0) is 6.57. The highest BCUT2D eigenvalue weighted by Crippen LogP contribution is 2.10. The maximum absolute atomic E-state index is 12.2. The maximum Gasteiger partial charge on any atom is 0.100 e. The van der Waals surface area contributed by atoms with Crippen molar-refractivity contribution in [3.8, 4) is 0 Å². The van der Waals surface area contributed by atoms with Gasteiger partial charge in [-0.2, -0.15) is 0 Å². The van der Waals surface area contributed by atoms with Crippen molar-refractivity contribution in [1.82, 2.24) is 0 Å². The summed E-state index contributed by atoms with van der Waals surface area (Å²) in [6.45, 7) is 6.98. The van der Waals surface area contributed by atoms with E-state index in [2.05, 4.69) is 6.58 Å². The summed E-state index contributed by atoms with van der Waals surface area (Å²) in [6.07, 6.45) is 1.83. The van der Waals surface area contributed by atoms with Gasteiger partial charge in [-0.3, -0.25) is 0 Å². The third-order valence-corrected chi connectivity index (χ3v) is 1.32. The Hall–Kier alpha value is -0.330. The van der Waals surface area contributed by atoms with Gasteiger partial charge >= 0.3 is 0 Å². The third kappa shape index (κ3) is 2.78. The first-order valence-corrected chi connectivity index (χ1v) is 2.93. The lowest BCUT2D eigenvalue weighted by molar-refractivity contribution is 0.266. The largest absolute Gasteiger partial charge is 0.247 e. The predicted octanol–water partition coefficient (Wildman–Crippen LogP) is 2.56. The quantitative estimate of drug-likeness (QED) is 0.497. The van der Waals surface area contributed by atoms with E-state index in [4.69, 9.17) is 0 Å². The van der Waals surface area contributed by atoms with E-state index >= 15 is 0 Å². The van der Waals surface area contributed by atoms with Gasteiger partial charge in [-0.1, -0.05) is 13.0 Å². The first kappa shape index (κ1) is 7.67. The molecular formula is C7H13F. The van der Waals surface area contributed by atoms with Gasteiger partial charge in [-0.15, -0.1) is 6.58 Å². The van der Waals surface area contributed by atoms with Gasteiger partial charge < -0.3 is 0 Å². The van der Waals surface area contributed by atoms with E-state index in [-0.39, 0.29) is 5.92 Å². The first-order chi connectivity index (χ1) is 3.68. The van der Waals surface area contributed by atoms with Crippen molar-refractivity contribution in [3.05, 3.63) is 12.7 Å². The van der Waals surface area contributed by atoms with Crippen LogP contribution in [-0.2, 0) is 0 Å². The zero-order valence-electron chi connectivity index (χ0n) is 5.52. The van der Waals surface area contributed by atoms with Crippen molar-refractivity contribution >= 4 is 0 Å². The first-order valence-electron chi connectivity index (χ1n) is 2.93. The second-order valence-corrected chi connectivity index (χ2v) is 2.18. The molecule has 0 aliphatic rings. The van der Waals surface area contributed by atoms with Gasteiger partial charge in [0.25, 0.3) is 0 Å². The van der Waals surface area contributed by atoms with E-state index in [1.807, 2.05) is 6.92 Å². The summed E-state index contributed by atoms with van der Waals surface area (Å²) in [7, 11) is 0. The van der Waals surface area contributed by atoms with Gasteiger partial charge in [-0.05, 0) is 19.3 Å². The second kappa shape index (κ2) is 3.65. The molecule has 0 aromatic carbocycles. The summed E-state index contributed by atoms with van der Waals surface area (Å²) in [5.41, 5.74) is 0. The average Bonchev–Trinajstić information content (AvgIpc) is 1.67. The lowest BCUT2D eigenvalue weighted by atomic mass is 10.0. The van der Waals surface area contributed by atoms with Gasteiger partial charge in [0.15, 0.2) is 0 Å². The highest BCUT2D eigenvalue weighted by Gasteiger charge is 2.06. The van der Waals surface area contributed by atoms with Crippen LogP contribution in [0.4, 0.5) is 4.39 Å². The summed E-state index contributed by atoms with van der Waals surface area (Å²) in [5, 5.41) is 0. The standard InChI is InChI=1S/C7H13F/c1-4-5-6(2)7(3)8/h4,6-7H,1,5H2,2-3H3/t6-,7-/m0/s1. The van der Waals surface area contributed by atoms with Crippen molar-refractivity contribution in [2.24, 2.45) is 5.92 Å². The van der Waals surface area contributed by atoms with Gasteiger partial charge in [0.2, 0.25) is 0 Å². The molecular weight excluding hydrogens is 103 g/mol. The van der Waals surface area contributed by atoms with E-state index in [0.29, 0.717) is 0 Å². The molecule has 0 bridgehead atoms. The molecule has 0 fully saturated rings. The van der Waals surface area contributed by atoms with Crippen molar-refractivity contribution in [1.29, 1.82) is 0 Å². The minimum atomic E-state index is -0.701. The van der Waals surface area contributed by atoms with Crippen LogP contribution in [0.3, 0.4) is 0 Å². The normalized spacial score (nSPS) is 17.4. The van der Waals surface area contributed by atoms with Gasteiger partial charge in [0.1, 0.15) is 6.17 Å². The molecule has 0 aromatic heterocycles. The summed E-state index contributed by atoms with van der Waals surface area (Å²) >= 11 is 0. The molecule has 0 aliphatic heterocycles. The van der Waals surface area contributed by atoms with E-state index in [1.165, 1.54) is 0 Å². The number of hydrogen-bond donors (Lipinski definition) is 0. The molecule has 0 rings (SSSR count). The van der Waals surface area contributed by atoms with Crippen LogP contribution in [0.15, 0.2) is 12.7 Å². The fraction of sp³-hybridized carbons (Fsp3) is 0.714. The summed E-state index contributed by atoms with van der Waals surface area (Å²) in [5.74, 6) is 0.132. The van der Waals surface area contributed by atoms with E-state index in [9.17, 15) is 4.39 Å². The van der Waals surface area contributed by atoms with Crippen LogP contribution in [-0.4, -0.2) is 6.17 Å². The number of halogens is 1. The molecule has 0 saturated carbocycles. The van der Waals surface area contributed by atoms with Crippen LogP contribution < -0.4 is 0 Å². The highest BCUT2D eigenvalue weighted by molar-refractivity contribution is 4.72. The molecule has 2 atom stereocenters. The van der Waals surface area contributed by atoms with Crippen LogP contribution in [0.5, 0.6) is 0 Å². The Balaban J connectivity index is 3.30. The Labute approximate surface area is 50.4 Å². The van der Waals surface area contributed by atoms with Gasteiger partial charge in [0, 0.05) is 0 Å². The maximum atomic E-state index is 12.2. The zero-order valence-corrected chi connectivity index (χ0v) is 5.52. The molecule has 0 spiro atoms. The van der Waals surface area contributed by atoms with Crippen molar-refractivity contribution in [2.75, 3.05) is 0 Å². The smallest absolute Gasteiger partial charge is 0.100 e. The van der Waals surface area contributed by atoms with E-state index in [1.54, 1.807) is 13.0 Å². The molecule has 0 amide bonds. The number of alkyl halides is 1. The Morgan fingerprint density at radius 2 is 2.12 bits per heavy atom. The predicted molar refractivity (Wildman–Crippen MR) is 34.5 cm³/mol. The molecule has 1 heteroatoms. The van der Waals surface area contributed by atoms with Crippen LogP contribution in [0.2, 0.25) is 0 Å². The van der Waals surface area contributed by atoms with Crippen molar-refractivity contribution in [2.45, 2.75) is 26.4 Å². The minimum Gasteiger partial charge on any atom is -0.247 e.